The van der Waals surface area contributed by atoms with Crippen molar-refractivity contribution < 1.29 is 0 Å². The van der Waals surface area contributed by atoms with Crippen molar-refractivity contribution >= 4 is 0 Å². The molecular formula is C16H29N. The van der Waals surface area contributed by atoms with Crippen molar-refractivity contribution in [2.45, 2.75) is 70.8 Å². The molecule has 1 aliphatic carbocycles. The lowest BCUT2D eigenvalue weighted by Crippen LogP contribution is -2.44. The molecule has 0 aromatic rings. The molecule has 2 rings (SSSR count). The lowest BCUT2D eigenvalue weighted by atomic mass is 9.72. The molecule has 1 nitrogen and oxygen atoms in total. The van der Waals surface area contributed by atoms with Gasteiger partial charge in [0, 0.05) is 6.04 Å². The zero-order chi connectivity index (χ0) is 12.1. The second-order valence-corrected chi connectivity index (χ2v) is 6.16. The van der Waals surface area contributed by atoms with E-state index in [0.29, 0.717) is 5.41 Å². The van der Waals surface area contributed by atoms with E-state index in [9.17, 15) is 0 Å². The quantitative estimate of drug-likeness (QED) is 0.639. The minimum atomic E-state index is 0.642. The Hall–Kier alpha value is -0.300. The Morgan fingerprint density at radius 2 is 1.88 bits per heavy atom. The lowest BCUT2D eigenvalue weighted by molar-refractivity contribution is 0.0651. The molecule has 2 fully saturated rings. The standard InChI is InChI=1S/C16H29N/c1-3-5-10-16(4-2)11-13-17(14-12-16)15-8-6-7-9-15/h3,15H,1,4-14H2,2H3. The van der Waals surface area contributed by atoms with E-state index in [4.69, 9.17) is 0 Å². The van der Waals surface area contributed by atoms with Gasteiger partial charge in [0.25, 0.3) is 0 Å². The molecule has 0 unspecified atom stereocenters. The SMILES string of the molecule is C=CCCC1(CC)CCN(C2CCCC2)CC1. The molecule has 0 aromatic heterocycles. The van der Waals surface area contributed by atoms with Crippen molar-refractivity contribution in [1.82, 2.24) is 4.90 Å². The summed E-state index contributed by atoms with van der Waals surface area (Å²) in [6.07, 6.45) is 14.7. The van der Waals surface area contributed by atoms with Gasteiger partial charge in [-0.3, -0.25) is 0 Å². The van der Waals surface area contributed by atoms with Gasteiger partial charge in [-0.2, -0.15) is 0 Å². The van der Waals surface area contributed by atoms with Gasteiger partial charge in [0.15, 0.2) is 0 Å². The van der Waals surface area contributed by atoms with Crippen LogP contribution in [0.15, 0.2) is 12.7 Å². The van der Waals surface area contributed by atoms with Crippen molar-refractivity contribution in [3.05, 3.63) is 12.7 Å². The van der Waals surface area contributed by atoms with Crippen molar-refractivity contribution in [1.29, 1.82) is 0 Å². The molecule has 0 bridgehead atoms. The van der Waals surface area contributed by atoms with E-state index in [1.807, 2.05) is 0 Å². The molecule has 0 amide bonds. The second-order valence-electron chi connectivity index (χ2n) is 6.16. The fraction of sp³-hybridized carbons (Fsp3) is 0.875. The maximum absolute atomic E-state index is 3.88. The van der Waals surface area contributed by atoms with Crippen LogP contribution in [0.2, 0.25) is 0 Å². The third kappa shape index (κ3) is 3.13. The molecule has 17 heavy (non-hydrogen) atoms. The van der Waals surface area contributed by atoms with Crippen LogP contribution in [0.1, 0.15) is 64.7 Å². The van der Waals surface area contributed by atoms with E-state index in [0.717, 1.165) is 6.04 Å². The first-order valence-corrected chi connectivity index (χ1v) is 7.64. The van der Waals surface area contributed by atoms with Crippen LogP contribution in [0.3, 0.4) is 0 Å². The number of rotatable bonds is 5. The first-order valence-electron chi connectivity index (χ1n) is 7.64. The Kier molecular flexibility index (Phi) is 4.67. The highest BCUT2D eigenvalue weighted by atomic mass is 15.2. The van der Waals surface area contributed by atoms with Crippen LogP contribution in [0.5, 0.6) is 0 Å². The van der Waals surface area contributed by atoms with Crippen LogP contribution in [0.25, 0.3) is 0 Å². The van der Waals surface area contributed by atoms with Gasteiger partial charge in [0.05, 0.1) is 0 Å². The Balaban J connectivity index is 1.84. The van der Waals surface area contributed by atoms with Crippen LogP contribution < -0.4 is 0 Å². The van der Waals surface area contributed by atoms with E-state index < -0.39 is 0 Å². The average molecular weight is 235 g/mol. The van der Waals surface area contributed by atoms with Gasteiger partial charge in [-0.05, 0) is 57.0 Å². The van der Waals surface area contributed by atoms with E-state index >= 15 is 0 Å². The molecule has 1 heterocycles. The molecule has 98 valence electrons. The predicted octanol–water partition coefficient (Wildman–Crippen LogP) is 4.39. The van der Waals surface area contributed by atoms with E-state index in [1.54, 1.807) is 0 Å². The molecule has 1 saturated carbocycles. The highest BCUT2D eigenvalue weighted by molar-refractivity contribution is 4.90. The first-order chi connectivity index (χ1) is 8.29. The molecule has 1 saturated heterocycles. The van der Waals surface area contributed by atoms with E-state index in [1.165, 1.54) is 70.9 Å². The van der Waals surface area contributed by atoms with Crippen molar-refractivity contribution in [3.63, 3.8) is 0 Å². The predicted molar refractivity (Wildman–Crippen MR) is 75.2 cm³/mol. The Morgan fingerprint density at radius 1 is 1.24 bits per heavy atom. The van der Waals surface area contributed by atoms with Gasteiger partial charge in [0.2, 0.25) is 0 Å². The van der Waals surface area contributed by atoms with Gasteiger partial charge in [-0.25, -0.2) is 0 Å². The van der Waals surface area contributed by atoms with E-state index in [2.05, 4.69) is 24.5 Å². The normalized spacial score (nSPS) is 26.2. The van der Waals surface area contributed by atoms with Gasteiger partial charge < -0.3 is 4.90 Å². The van der Waals surface area contributed by atoms with Crippen molar-refractivity contribution in [2.24, 2.45) is 5.41 Å². The number of hydrogen-bond acceptors (Lipinski definition) is 1. The third-order valence-corrected chi connectivity index (χ3v) is 5.33. The van der Waals surface area contributed by atoms with Gasteiger partial charge >= 0.3 is 0 Å². The summed E-state index contributed by atoms with van der Waals surface area (Å²) in [5.41, 5.74) is 0.642. The number of hydrogen-bond donors (Lipinski definition) is 0. The van der Waals surface area contributed by atoms with Crippen LogP contribution in [0, 0.1) is 5.41 Å². The Morgan fingerprint density at radius 3 is 2.41 bits per heavy atom. The first kappa shape index (κ1) is 13.1. The molecule has 0 aromatic carbocycles. The highest BCUT2D eigenvalue weighted by Crippen LogP contribution is 2.40. The third-order valence-electron chi connectivity index (χ3n) is 5.33. The molecule has 1 aliphatic heterocycles. The van der Waals surface area contributed by atoms with E-state index in [-0.39, 0.29) is 0 Å². The largest absolute Gasteiger partial charge is 0.300 e. The van der Waals surface area contributed by atoms with Crippen molar-refractivity contribution in [3.8, 4) is 0 Å². The van der Waals surface area contributed by atoms with Gasteiger partial charge in [-0.1, -0.05) is 32.3 Å². The molecule has 0 N–H and O–H groups in total. The maximum atomic E-state index is 3.88. The summed E-state index contributed by atoms with van der Waals surface area (Å²) in [7, 11) is 0. The smallest absolute Gasteiger partial charge is 0.00952 e. The minimum absolute atomic E-state index is 0.642. The Labute approximate surface area is 107 Å². The zero-order valence-corrected chi connectivity index (χ0v) is 11.6. The molecular weight excluding hydrogens is 206 g/mol. The minimum Gasteiger partial charge on any atom is -0.300 e. The number of likely N-dealkylation sites (tertiary alicyclic amines) is 1. The Bertz CT molecular complexity index is 232. The summed E-state index contributed by atoms with van der Waals surface area (Å²) >= 11 is 0. The summed E-state index contributed by atoms with van der Waals surface area (Å²) in [5, 5.41) is 0. The summed E-state index contributed by atoms with van der Waals surface area (Å²) < 4.78 is 0. The van der Waals surface area contributed by atoms with Gasteiger partial charge in [0.1, 0.15) is 0 Å². The summed E-state index contributed by atoms with van der Waals surface area (Å²) in [5.74, 6) is 0. The monoisotopic (exact) mass is 235 g/mol. The highest BCUT2D eigenvalue weighted by Gasteiger charge is 2.34. The lowest BCUT2D eigenvalue weighted by Gasteiger charge is -2.43. The summed E-state index contributed by atoms with van der Waals surface area (Å²) in [4.78, 5) is 2.79. The topological polar surface area (TPSA) is 3.24 Å². The summed E-state index contributed by atoms with van der Waals surface area (Å²) in [6, 6.07) is 0.935. The van der Waals surface area contributed by atoms with Crippen molar-refractivity contribution in [2.75, 3.05) is 13.1 Å². The zero-order valence-electron chi connectivity index (χ0n) is 11.6. The van der Waals surface area contributed by atoms with Gasteiger partial charge in [-0.15, -0.1) is 6.58 Å². The number of piperidine rings is 1. The molecule has 2 aliphatic rings. The fourth-order valence-corrected chi connectivity index (χ4v) is 3.82. The fourth-order valence-electron chi connectivity index (χ4n) is 3.82. The molecule has 0 atom stereocenters. The second kappa shape index (κ2) is 6.04. The number of allylic oxidation sites excluding steroid dienone is 1. The number of nitrogens with zero attached hydrogens (tertiary/aromatic N) is 1. The van der Waals surface area contributed by atoms with Crippen LogP contribution in [0.4, 0.5) is 0 Å². The average Bonchev–Trinajstić information content (AvgIpc) is 2.91. The molecule has 0 radical (unpaired) electrons. The maximum Gasteiger partial charge on any atom is 0.00952 e. The molecule has 0 spiro atoms. The summed E-state index contributed by atoms with van der Waals surface area (Å²) in [6.45, 7) is 8.97. The van der Waals surface area contributed by atoms with Crippen LogP contribution in [-0.4, -0.2) is 24.0 Å². The van der Waals surface area contributed by atoms with Crippen LogP contribution in [-0.2, 0) is 0 Å². The van der Waals surface area contributed by atoms with Crippen LogP contribution >= 0.6 is 0 Å². The molecule has 1 heteroatoms.